The second kappa shape index (κ2) is 4.95. The van der Waals surface area contributed by atoms with Crippen LogP contribution >= 0.6 is 0 Å². The molecule has 0 fully saturated rings. The van der Waals surface area contributed by atoms with Crippen LogP contribution in [-0.2, 0) is 0 Å². The highest BCUT2D eigenvalue weighted by Crippen LogP contribution is 2.36. The van der Waals surface area contributed by atoms with Crippen molar-refractivity contribution < 1.29 is 4.42 Å². The summed E-state index contributed by atoms with van der Waals surface area (Å²) in [4.78, 5) is 4.72. The summed E-state index contributed by atoms with van der Waals surface area (Å²) in [6.07, 6.45) is 0. The first-order valence-corrected chi connectivity index (χ1v) is 7.90. The number of hydrogen-bond acceptors (Lipinski definition) is 2. The molecule has 0 bridgehead atoms. The lowest BCUT2D eigenvalue weighted by Gasteiger charge is -2.06. The molecule has 0 atom stereocenters. The second-order valence-corrected chi connectivity index (χ2v) is 6.46. The van der Waals surface area contributed by atoms with Gasteiger partial charge in [-0.15, -0.1) is 0 Å². The molecule has 0 aliphatic carbocycles. The number of hydrogen-bond donors (Lipinski definition) is 0. The minimum absolute atomic E-state index is 0.925. The van der Waals surface area contributed by atoms with E-state index in [1.54, 1.807) is 0 Å². The highest BCUT2D eigenvalue weighted by atomic mass is 16.3. The lowest BCUT2D eigenvalue weighted by Crippen LogP contribution is -1.90. The topological polar surface area (TPSA) is 26.0 Å². The van der Waals surface area contributed by atoms with Crippen LogP contribution in [0.1, 0.15) is 22.4 Å². The van der Waals surface area contributed by atoms with Crippen LogP contribution in [0.3, 0.4) is 0 Å². The molecular formula is C21H19NO. The van der Waals surface area contributed by atoms with Crippen molar-refractivity contribution in [2.45, 2.75) is 27.7 Å². The van der Waals surface area contributed by atoms with E-state index in [0.29, 0.717) is 0 Å². The van der Waals surface area contributed by atoms with E-state index in [1.165, 1.54) is 27.5 Å². The quantitative estimate of drug-likeness (QED) is 0.438. The average Bonchev–Trinajstić information content (AvgIpc) is 2.83. The Morgan fingerprint density at radius 3 is 2.26 bits per heavy atom. The first kappa shape index (κ1) is 14.0. The van der Waals surface area contributed by atoms with Gasteiger partial charge in [0.15, 0.2) is 0 Å². The number of furan rings is 1. The zero-order valence-corrected chi connectivity index (χ0v) is 13.9. The van der Waals surface area contributed by atoms with Crippen molar-refractivity contribution in [3.63, 3.8) is 0 Å². The molecule has 2 aromatic heterocycles. The van der Waals surface area contributed by atoms with Crippen molar-refractivity contribution in [2.24, 2.45) is 0 Å². The molecule has 4 aromatic rings. The molecule has 0 amide bonds. The lowest BCUT2D eigenvalue weighted by atomic mass is 10.0. The van der Waals surface area contributed by atoms with Crippen LogP contribution in [-0.4, -0.2) is 4.98 Å². The van der Waals surface area contributed by atoms with Crippen molar-refractivity contribution in [3.8, 4) is 11.3 Å². The number of aryl methyl sites for hydroxylation is 4. The molecule has 4 rings (SSSR count). The Morgan fingerprint density at radius 2 is 1.48 bits per heavy atom. The van der Waals surface area contributed by atoms with Gasteiger partial charge in [-0.25, -0.2) is 0 Å². The Labute approximate surface area is 135 Å². The molecule has 0 radical (unpaired) electrons. The normalized spacial score (nSPS) is 11.5. The Bertz CT molecular complexity index is 1040. The van der Waals surface area contributed by atoms with E-state index in [-0.39, 0.29) is 0 Å². The first-order valence-electron chi connectivity index (χ1n) is 7.90. The summed E-state index contributed by atoms with van der Waals surface area (Å²) >= 11 is 0. The predicted molar refractivity (Wildman–Crippen MR) is 95.9 cm³/mol. The van der Waals surface area contributed by atoms with E-state index in [0.717, 1.165) is 28.1 Å². The maximum atomic E-state index is 6.19. The molecule has 2 aromatic carbocycles. The van der Waals surface area contributed by atoms with E-state index in [9.17, 15) is 0 Å². The van der Waals surface area contributed by atoms with E-state index in [1.807, 2.05) is 6.92 Å². The summed E-state index contributed by atoms with van der Waals surface area (Å²) in [6.45, 7) is 8.37. The zero-order valence-electron chi connectivity index (χ0n) is 13.9. The van der Waals surface area contributed by atoms with Crippen LogP contribution in [0.5, 0.6) is 0 Å². The maximum absolute atomic E-state index is 6.19. The smallest absolute Gasteiger partial charge is 0.144 e. The van der Waals surface area contributed by atoms with Gasteiger partial charge < -0.3 is 4.42 Å². The van der Waals surface area contributed by atoms with Crippen LogP contribution < -0.4 is 0 Å². The van der Waals surface area contributed by atoms with E-state index >= 15 is 0 Å². The van der Waals surface area contributed by atoms with Crippen molar-refractivity contribution in [1.29, 1.82) is 0 Å². The summed E-state index contributed by atoms with van der Waals surface area (Å²) in [5.41, 5.74) is 8.62. The summed E-state index contributed by atoms with van der Waals surface area (Å²) in [5.74, 6) is 0. The van der Waals surface area contributed by atoms with Gasteiger partial charge in [0.1, 0.15) is 11.2 Å². The van der Waals surface area contributed by atoms with Crippen molar-refractivity contribution in [1.82, 2.24) is 4.98 Å². The number of nitrogens with zero attached hydrogens (tertiary/aromatic N) is 1. The summed E-state index contributed by atoms with van der Waals surface area (Å²) in [6, 6.07) is 14.9. The second-order valence-electron chi connectivity index (χ2n) is 6.46. The largest absolute Gasteiger partial charge is 0.455 e. The van der Waals surface area contributed by atoms with Gasteiger partial charge >= 0.3 is 0 Å². The van der Waals surface area contributed by atoms with Crippen LogP contribution in [0.2, 0.25) is 0 Å². The molecule has 0 saturated heterocycles. The SMILES string of the molecule is Cc1cc(C)nc(-c2cc(C)cc3c2oc2ccc(C)cc23)c1. The van der Waals surface area contributed by atoms with Gasteiger partial charge in [0, 0.05) is 22.0 Å². The van der Waals surface area contributed by atoms with Crippen LogP contribution in [0.25, 0.3) is 33.2 Å². The summed E-state index contributed by atoms with van der Waals surface area (Å²) in [5, 5.41) is 2.34. The van der Waals surface area contributed by atoms with Gasteiger partial charge in [-0.05, 0) is 75.2 Å². The van der Waals surface area contributed by atoms with Gasteiger partial charge in [-0.2, -0.15) is 0 Å². The number of pyridine rings is 1. The van der Waals surface area contributed by atoms with Gasteiger partial charge in [0.25, 0.3) is 0 Å². The number of fused-ring (bicyclic) bond motifs is 3. The Balaban J connectivity index is 2.12. The number of aromatic nitrogens is 1. The van der Waals surface area contributed by atoms with Crippen molar-refractivity contribution >= 4 is 21.9 Å². The average molecular weight is 301 g/mol. The first-order chi connectivity index (χ1) is 11.0. The minimum Gasteiger partial charge on any atom is -0.455 e. The molecule has 0 unspecified atom stereocenters. The molecule has 2 heteroatoms. The number of benzene rings is 2. The molecule has 0 aliphatic rings. The molecule has 2 heterocycles. The predicted octanol–water partition coefficient (Wildman–Crippen LogP) is 5.88. The maximum Gasteiger partial charge on any atom is 0.144 e. The number of rotatable bonds is 1. The highest BCUT2D eigenvalue weighted by Gasteiger charge is 2.14. The standard InChI is InChI=1S/C21H19NO/c1-12-5-6-20-16(8-12)17-9-14(3)10-18(21(17)23-20)19-11-13(2)7-15(4)22-19/h5-11H,1-4H3. The van der Waals surface area contributed by atoms with Crippen molar-refractivity contribution in [2.75, 3.05) is 0 Å². The van der Waals surface area contributed by atoms with Crippen LogP contribution in [0.4, 0.5) is 0 Å². The third kappa shape index (κ3) is 2.31. The molecule has 0 N–H and O–H groups in total. The van der Waals surface area contributed by atoms with Gasteiger partial charge in [0.2, 0.25) is 0 Å². The lowest BCUT2D eigenvalue weighted by molar-refractivity contribution is 0.669. The molecule has 114 valence electrons. The Kier molecular flexibility index (Phi) is 3.02. The highest BCUT2D eigenvalue weighted by molar-refractivity contribution is 6.09. The van der Waals surface area contributed by atoms with Crippen LogP contribution in [0.15, 0.2) is 46.9 Å². The fourth-order valence-electron chi connectivity index (χ4n) is 3.31. The van der Waals surface area contributed by atoms with E-state index in [4.69, 9.17) is 9.40 Å². The third-order valence-corrected chi connectivity index (χ3v) is 4.24. The fourth-order valence-corrected chi connectivity index (χ4v) is 3.31. The monoisotopic (exact) mass is 301 g/mol. The molecule has 2 nitrogen and oxygen atoms in total. The van der Waals surface area contributed by atoms with Gasteiger partial charge in [0.05, 0.1) is 5.69 Å². The molecule has 23 heavy (non-hydrogen) atoms. The Morgan fingerprint density at radius 1 is 0.739 bits per heavy atom. The third-order valence-electron chi connectivity index (χ3n) is 4.24. The Hall–Kier alpha value is -2.61. The molecule has 0 spiro atoms. The van der Waals surface area contributed by atoms with Crippen LogP contribution in [0, 0.1) is 27.7 Å². The summed E-state index contributed by atoms with van der Waals surface area (Å²) in [7, 11) is 0. The van der Waals surface area contributed by atoms with E-state index in [2.05, 4.69) is 63.2 Å². The summed E-state index contributed by atoms with van der Waals surface area (Å²) < 4.78 is 6.19. The fraction of sp³-hybridized carbons (Fsp3) is 0.190. The van der Waals surface area contributed by atoms with Crippen molar-refractivity contribution in [3.05, 3.63) is 64.8 Å². The molecule has 0 saturated carbocycles. The zero-order chi connectivity index (χ0) is 16.1. The van der Waals surface area contributed by atoms with E-state index < -0.39 is 0 Å². The molecule has 0 aliphatic heterocycles. The van der Waals surface area contributed by atoms with Gasteiger partial charge in [-0.3, -0.25) is 4.98 Å². The molecular weight excluding hydrogens is 282 g/mol. The minimum atomic E-state index is 0.925. The van der Waals surface area contributed by atoms with Gasteiger partial charge in [-0.1, -0.05) is 11.6 Å².